The quantitative estimate of drug-likeness (QED) is 0.0195. The average Bonchev–Trinajstić information content (AvgIpc) is 3.64. The van der Waals surface area contributed by atoms with Crippen LogP contribution in [-0.4, -0.2) is 82.3 Å². The lowest BCUT2D eigenvalue weighted by molar-refractivity contribution is -0.870. The Morgan fingerprint density at radius 3 is 0.988 bits per heavy atom. The smallest absolute Gasteiger partial charge is 0.306 e. The van der Waals surface area contributed by atoms with Gasteiger partial charge in [-0.15, -0.1) is 0 Å². The first-order valence-corrected chi connectivity index (χ1v) is 36.2. The van der Waals surface area contributed by atoms with E-state index >= 15 is 0 Å². The minimum absolute atomic E-state index is 0.145. The molecule has 0 N–H and O–H groups in total. The molecule has 0 bridgehead atoms. The zero-order valence-corrected chi connectivity index (χ0v) is 56.9. The zero-order chi connectivity index (χ0) is 62.6. The fraction of sp³-hybridized carbons (Fsp3) is 0.779. The van der Waals surface area contributed by atoms with Crippen LogP contribution in [0.2, 0.25) is 0 Å². The minimum atomic E-state index is -1.63. The lowest BCUT2D eigenvalue weighted by Gasteiger charge is -2.26. The SMILES string of the molecule is CC/C=C\C/C=C\C/C=C\C/C=C\C/C=C\C/C=C\C/C=C\CCCCCCCCCCCC(=O)OC(COC(=O)CCCCCCCCCCCCCCCCCCCCCCCCCCCCCCCC)COC(OCC[N+](C)(C)C)C(=O)[O-]. The molecule has 0 saturated carbocycles. The summed E-state index contributed by atoms with van der Waals surface area (Å²) in [5.74, 6) is -2.28. The van der Waals surface area contributed by atoms with Crippen LogP contribution in [0.15, 0.2) is 85.1 Å². The molecule has 0 spiro atoms. The van der Waals surface area contributed by atoms with Gasteiger partial charge >= 0.3 is 11.9 Å². The predicted octanol–water partition coefficient (Wildman–Crippen LogP) is 21.3. The first-order valence-electron chi connectivity index (χ1n) is 36.2. The first kappa shape index (κ1) is 82.5. The van der Waals surface area contributed by atoms with E-state index in [4.69, 9.17) is 18.9 Å². The molecule has 0 radical (unpaired) electrons. The number of hydrogen-bond acceptors (Lipinski definition) is 8. The summed E-state index contributed by atoms with van der Waals surface area (Å²) >= 11 is 0. The summed E-state index contributed by atoms with van der Waals surface area (Å²) in [5.41, 5.74) is 0. The molecule has 0 rings (SSSR count). The van der Waals surface area contributed by atoms with E-state index in [1.807, 2.05) is 21.1 Å². The molecule has 0 aromatic carbocycles. The number of rotatable bonds is 67. The highest BCUT2D eigenvalue weighted by atomic mass is 16.7. The topological polar surface area (TPSA) is 111 Å². The third-order valence-electron chi connectivity index (χ3n) is 15.9. The van der Waals surface area contributed by atoms with Gasteiger partial charge in [-0.3, -0.25) is 9.59 Å². The van der Waals surface area contributed by atoms with Crippen LogP contribution in [0.3, 0.4) is 0 Å². The average molecular weight is 1200 g/mol. The van der Waals surface area contributed by atoms with Gasteiger partial charge in [-0.1, -0.05) is 330 Å². The molecule has 86 heavy (non-hydrogen) atoms. The molecule has 0 fully saturated rings. The maximum absolute atomic E-state index is 12.9. The largest absolute Gasteiger partial charge is 0.545 e. The maximum atomic E-state index is 12.9. The summed E-state index contributed by atoms with van der Waals surface area (Å²) in [6, 6.07) is 0. The monoisotopic (exact) mass is 1200 g/mol. The highest BCUT2D eigenvalue weighted by Crippen LogP contribution is 2.18. The number of unbranched alkanes of at least 4 members (excludes halogenated alkanes) is 38. The number of carbonyl (C=O) groups is 3. The Morgan fingerprint density at radius 1 is 0.360 bits per heavy atom. The van der Waals surface area contributed by atoms with Crippen molar-refractivity contribution in [3.63, 3.8) is 0 Å². The van der Waals surface area contributed by atoms with E-state index in [-0.39, 0.29) is 32.2 Å². The first-order chi connectivity index (χ1) is 42.1. The van der Waals surface area contributed by atoms with Crippen LogP contribution in [0.25, 0.3) is 0 Å². The number of carboxylic acids is 1. The van der Waals surface area contributed by atoms with Gasteiger partial charge in [0.25, 0.3) is 0 Å². The number of allylic oxidation sites excluding steroid dienone is 14. The second-order valence-electron chi connectivity index (χ2n) is 25.5. The summed E-state index contributed by atoms with van der Waals surface area (Å²) in [6.45, 7) is 4.67. The zero-order valence-electron chi connectivity index (χ0n) is 56.9. The van der Waals surface area contributed by atoms with Crippen molar-refractivity contribution in [1.29, 1.82) is 0 Å². The molecule has 0 aliphatic carbocycles. The van der Waals surface area contributed by atoms with Gasteiger partial charge in [0, 0.05) is 12.8 Å². The predicted molar refractivity (Wildman–Crippen MR) is 366 cm³/mol. The van der Waals surface area contributed by atoms with Gasteiger partial charge < -0.3 is 33.3 Å². The number of hydrogen-bond donors (Lipinski definition) is 0. The number of carboxylic acid groups (broad SMARTS) is 1. The van der Waals surface area contributed by atoms with Crippen molar-refractivity contribution < 1.29 is 42.9 Å². The minimum Gasteiger partial charge on any atom is -0.545 e. The summed E-state index contributed by atoms with van der Waals surface area (Å²) in [4.78, 5) is 37.5. The van der Waals surface area contributed by atoms with Crippen LogP contribution in [0.5, 0.6) is 0 Å². The third kappa shape index (κ3) is 68.0. The van der Waals surface area contributed by atoms with Crippen LogP contribution >= 0.6 is 0 Å². The molecule has 0 heterocycles. The van der Waals surface area contributed by atoms with E-state index in [0.717, 1.165) is 89.9 Å². The molecule has 2 atom stereocenters. The molecular weight excluding hydrogens is 1070 g/mol. The molecule has 0 aliphatic rings. The number of nitrogens with zero attached hydrogens (tertiary/aromatic N) is 1. The van der Waals surface area contributed by atoms with Crippen LogP contribution in [0, 0.1) is 0 Å². The Hall–Kier alpha value is -3.53. The van der Waals surface area contributed by atoms with Crippen molar-refractivity contribution in [1.82, 2.24) is 0 Å². The van der Waals surface area contributed by atoms with Crippen LogP contribution in [0.4, 0.5) is 0 Å². The van der Waals surface area contributed by atoms with E-state index in [2.05, 4.69) is 98.9 Å². The Morgan fingerprint density at radius 2 is 0.663 bits per heavy atom. The van der Waals surface area contributed by atoms with Crippen molar-refractivity contribution in [3.05, 3.63) is 85.1 Å². The second kappa shape index (κ2) is 67.4. The molecule has 9 nitrogen and oxygen atoms in total. The van der Waals surface area contributed by atoms with Gasteiger partial charge in [0.1, 0.15) is 13.2 Å². The number of carbonyl (C=O) groups excluding carboxylic acids is 3. The van der Waals surface area contributed by atoms with E-state index in [1.165, 1.54) is 205 Å². The summed E-state index contributed by atoms with van der Waals surface area (Å²) in [6.07, 6.45) is 88.2. The second-order valence-corrected chi connectivity index (χ2v) is 25.5. The van der Waals surface area contributed by atoms with Crippen LogP contribution in [-0.2, 0) is 33.3 Å². The molecule has 498 valence electrons. The van der Waals surface area contributed by atoms with E-state index in [9.17, 15) is 19.5 Å². The number of aliphatic carboxylic acids is 1. The molecule has 0 aromatic heterocycles. The maximum Gasteiger partial charge on any atom is 0.306 e. The van der Waals surface area contributed by atoms with Crippen molar-refractivity contribution in [2.75, 3.05) is 47.5 Å². The van der Waals surface area contributed by atoms with E-state index < -0.39 is 24.3 Å². The molecule has 0 amide bonds. The fourth-order valence-corrected chi connectivity index (χ4v) is 10.4. The van der Waals surface area contributed by atoms with Crippen molar-refractivity contribution >= 4 is 17.9 Å². The van der Waals surface area contributed by atoms with Gasteiger partial charge in [0.05, 0.1) is 40.3 Å². The summed E-state index contributed by atoms with van der Waals surface area (Å²) in [7, 11) is 5.93. The number of quaternary nitrogens is 1. The summed E-state index contributed by atoms with van der Waals surface area (Å²) in [5, 5.41) is 11.8. The summed E-state index contributed by atoms with van der Waals surface area (Å²) < 4.78 is 22.8. The van der Waals surface area contributed by atoms with Gasteiger partial charge in [-0.05, 0) is 70.6 Å². The van der Waals surface area contributed by atoms with E-state index in [1.54, 1.807) is 0 Å². The lowest BCUT2D eigenvalue weighted by atomic mass is 10.0. The van der Waals surface area contributed by atoms with Gasteiger partial charge in [-0.2, -0.15) is 0 Å². The molecule has 0 saturated heterocycles. The lowest BCUT2D eigenvalue weighted by Crippen LogP contribution is -2.44. The van der Waals surface area contributed by atoms with Gasteiger partial charge in [0.15, 0.2) is 12.4 Å². The Labute approximate surface area is 531 Å². The Balaban J connectivity index is 4.11. The molecular formula is C77H137NO8. The Kier molecular flexibility index (Phi) is 64.6. The van der Waals surface area contributed by atoms with Crippen LogP contribution in [0.1, 0.15) is 328 Å². The molecule has 0 aliphatic heterocycles. The van der Waals surface area contributed by atoms with Crippen molar-refractivity contribution in [3.8, 4) is 0 Å². The van der Waals surface area contributed by atoms with Crippen LogP contribution < -0.4 is 5.11 Å². The van der Waals surface area contributed by atoms with Gasteiger partial charge in [-0.25, -0.2) is 0 Å². The van der Waals surface area contributed by atoms with Gasteiger partial charge in [0.2, 0.25) is 0 Å². The molecule has 0 aromatic rings. The standard InChI is InChI=1S/C77H137NO8/c1-6-8-10-12-14-16-18-20-22-24-26-28-30-32-34-36-38-40-42-44-46-48-50-52-54-56-58-60-62-64-66-68-75(80)86-73(72-85-77(76(81)82)83-70-69-78(3,4)5)71-84-74(79)67-65-63-61-59-57-55-53-51-49-47-45-43-41-39-37-35-33-31-29-27-25-23-21-19-17-15-13-11-9-7-2/h8,10,14,16,20,22,26,28,32,34,38,40,44,46,73,77H,6-7,9,11-13,15,17-19,21,23-25,27,29-31,33,35-37,39,41-43,45,47-72H2,1-5H3/b10-8-,16-14-,22-20-,28-26-,34-32-,40-38-,46-44-. The fourth-order valence-electron chi connectivity index (χ4n) is 10.4. The normalized spacial score (nSPS) is 13.2. The molecule has 2 unspecified atom stereocenters. The van der Waals surface area contributed by atoms with E-state index in [0.29, 0.717) is 23.9 Å². The number of likely N-dealkylation sites (N-methyl/N-ethyl adjacent to an activating group) is 1. The highest BCUT2D eigenvalue weighted by Gasteiger charge is 2.22. The number of esters is 2. The Bertz CT molecular complexity index is 1690. The third-order valence-corrected chi connectivity index (χ3v) is 15.9. The molecule has 9 heteroatoms. The van der Waals surface area contributed by atoms with Crippen molar-refractivity contribution in [2.24, 2.45) is 0 Å². The van der Waals surface area contributed by atoms with Crippen molar-refractivity contribution in [2.45, 2.75) is 341 Å². The highest BCUT2D eigenvalue weighted by molar-refractivity contribution is 5.70. The number of ether oxygens (including phenoxy) is 4.